The first-order valence-electron chi connectivity index (χ1n) is 7.24. The van der Waals surface area contributed by atoms with Crippen LogP contribution in [-0.2, 0) is 0 Å². The average molecular weight is 309 g/mol. The molecule has 0 unspecified atom stereocenters. The molecule has 0 spiro atoms. The highest BCUT2D eigenvalue weighted by Gasteiger charge is 2.31. The molecule has 1 amide bonds. The average Bonchev–Trinajstić information content (AvgIpc) is 3.04. The van der Waals surface area contributed by atoms with Gasteiger partial charge in [-0.15, -0.1) is 0 Å². The Kier molecular flexibility index (Phi) is 2.66. The van der Waals surface area contributed by atoms with E-state index in [2.05, 4.69) is 5.10 Å². The Bertz CT molecular complexity index is 943. The highest BCUT2D eigenvalue weighted by molar-refractivity contribution is 6.04. The molecule has 23 heavy (non-hydrogen) atoms. The van der Waals surface area contributed by atoms with Crippen molar-refractivity contribution in [1.82, 2.24) is 9.78 Å². The van der Waals surface area contributed by atoms with E-state index in [1.807, 2.05) is 44.3 Å². The molecule has 1 aromatic heterocycles. The van der Waals surface area contributed by atoms with Gasteiger partial charge in [-0.05, 0) is 18.2 Å². The Morgan fingerprint density at radius 1 is 1.17 bits per heavy atom. The number of rotatable bonds is 2. The van der Waals surface area contributed by atoms with Crippen molar-refractivity contribution in [2.75, 3.05) is 0 Å². The molecule has 0 aliphatic carbocycles. The number of fused-ring (bicyclic) bond motifs is 2. The summed E-state index contributed by atoms with van der Waals surface area (Å²) in [7, 11) is 0. The van der Waals surface area contributed by atoms with Crippen molar-refractivity contribution in [2.24, 2.45) is 5.73 Å². The summed E-state index contributed by atoms with van der Waals surface area (Å²) >= 11 is 0. The molecule has 2 aromatic carbocycles. The number of hydrogen-bond donors (Lipinski definition) is 1. The first-order valence-corrected chi connectivity index (χ1v) is 7.24. The minimum atomic E-state index is -0.672. The quantitative estimate of drug-likeness (QED) is 0.789. The zero-order valence-electron chi connectivity index (χ0n) is 12.7. The smallest absolute Gasteiger partial charge is 0.250 e. The standard InChI is InChI=1S/C17H15N3O3/c1-17(2)22-13-7-6-11(8-14(13)23-17)20-9-10-4-3-5-12(16(18)21)15(10)19-20/h3-9H,1-2H3,(H2,18,21). The number of carbonyl (C=O) groups is 1. The van der Waals surface area contributed by atoms with Crippen LogP contribution in [0.3, 0.4) is 0 Å². The van der Waals surface area contributed by atoms with Crippen LogP contribution in [0.25, 0.3) is 16.6 Å². The summed E-state index contributed by atoms with van der Waals surface area (Å²) in [6.45, 7) is 3.71. The van der Waals surface area contributed by atoms with E-state index >= 15 is 0 Å². The third-order valence-electron chi connectivity index (χ3n) is 3.71. The topological polar surface area (TPSA) is 79.4 Å². The monoisotopic (exact) mass is 309 g/mol. The molecule has 1 aliphatic heterocycles. The lowest BCUT2D eigenvalue weighted by Gasteiger charge is -2.16. The molecule has 3 aromatic rings. The van der Waals surface area contributed by atoms with Gasteiger partial charge < -0.3 is 15.2 Å². The van der Waals surface area contributed by atoms with Crippen molar-refractivity contribution >= 4 is 16.8 Å². The molecular weight excluding hydrogens is 294 g/mol. The number of nitrogens with zero attached hydrogens (tertiary/aromatic N) is 2. The minimum Gasteiger partial charge on any atom is -0.449 e. The Morgan fingerprint density at radius 2 is 1.96 bits per heavy atom. The SMILES string of the molecule is CC1(C)Oc2ccc(-n3cc4cccc(C(N)=O)c4n3)cc2O1. The maximum Gasteiger partial charge on any atom is 0.250 e. The van der Waals surface area contributed by atoms with Crippen molar-refractivity contribution in [3.8, 4) is 17.2 Å². The number of ether oxygens (including phenoxy) is 2. The van der Waals surface area contributed by atoms with Gasteiger partial charge in [-0.1, -0.05) is 12.1 Å². The summed E-state index contributed by atoms with van der Waals surface area (Å²) in [6, 6.07) is 10.9. The molecule has 0 saturated carbocycles. The highest BCUT2D eigenvalue weighted by Crippen LogP contribution is 2.40. The van der Waals surface area contributed by atoms with Crippen LogP contribution < -0.4 is 15.2 Å². The fourth-order valence-electron chi connectivity index (χ4n) is 2.73. The van der Waals surface area contributed by atoms with Crippen LogP contribution in [0.2, 0.25) is 0 Å². The van der Waals surface area contributed by atoms with Crippen molar-refractivity contribution in [3.63, 3.8) is 0 Å². The van der Waals surface area contributed by atoms with Crippen molar-refractivity contribution in [2.45, 2.75) is 19.6 Å². The van der Waals surface area contributed by atoms with Gasteiger partial charge in [0.25, 0.3) is 5.91 Å². The summed E-state index contributed by atoms with van der Waals surface area (Å²) in [5.74, 6) is 0.207. The second-order valence-corrected chi connectivity index (χ2v) is 5.92. The molecule has 4 rings (SSSR count). The van der Waals surface area contributed by atoms with Crippen LogP contribution in [0.1, 0.15) is 24.2 Å². The van der Waals surface area contributed by atoms with Gasteiger partial charge in [-0.25, -0.2) is 4.68 Å². The predicted octanol–water partition coefficient (Wildman–Crippen LogP) is 2.63. The van der Waals surface area contributed by atoms with E-state index in [9.17, 15) is 4.79 Å². The van der Waals surface area contributed by atoms with Gasteiger partial charge in [0.15, 0.2) is 11.5 Å². The summed E-state index contributed by atoms with van der Waals surface area (Å²) in [6.07, 6.45) is 1.85. The van der Waals surface area contributed by atoms with Crippen LogP contribution in [0, 0.1) is 0 Å². The van der Waals surface area contributed by atoms with Gasteiger partial charge in [0.05, 0.1) is 11.3 Å². The summed E-state index contributed by atoms with van der Waals surface area (Å²) in [4.78, 5) is 11.5. The van der Waals surface area contributed by atoms with E-state index in [-0.39, 0.29) is 0 Å². The second-order valence-electron chi connectivity index (χ2n) is 5.92. The van der Waals surface area contributed by atoms with E-state index < -0.39 is 11.7 Å². The van der Waals surface area contributed by atoms with E-state index in [1.165, 1.54) is 0 Å². The lowest BCUT2D eigenvalue weighted by molar-refractivity contribution is -0.0431. The predicted molar refractivity (Wildman–Crippen MR) is 84.9 cm³/mol. The fraction of sp³-hybridized carbons (Fsp3) is 0.176. The Labute approximate surface area is 132 Å². The third kappa shape index (κ3) is 2.19. The van der Waals surface area contributed by atoms with Crippen molar-refractivity contribution in [3.05, 3.63) is 48.2 Å². The lowest BCUT2D eigenvalue weighted by atomic mass is 10.1. The maximum atomic E-state index is 11.5. The number of nitrogens with two attached hydrogens (primary N) is 1. The summed E-state index contributed by atoms with van der Waals surface area (Å²) in [5, 5.41) is 5.33. The van der Waals surface area contributed by atoms with Gasteiger partial charge >= 0.3 is 0 Å². The molecular formula is C17H15N3O3. The molecule has 116 valence electrons. The number of aromatic nitrogens is 2. The normalized spacial score (nSPS) is 15.0. The number of carbonyl (C=O) groups excluding carboxylic acids is 1. The van der Waals surface area contributed by atoms with E-state index in [0.29, 0.717) is 22.6 Å². The van der Waals surface area contributed by atoms with Crippen molar-refractivity contribution in [1.29, 1.82) is 0 Å². The van der Waals surface area contributed by atoms with E-state index in [4.69, 9.17) is 15.2 Å². The van der Waals surface area contributed by atoms with Crippen LogP contribution in [0.5, 0.6) is 11.5 Å². The van der Waals surface area contributed by atoms with Gasteiger partial charge in [0.1, 0.15) is 5.52 Å². The Balaban J connectivity index is 1.82. The zero-order chi connectivity index (χ0) is 16.2. The molecule has 6 nitrogen and oxygen atoms in total. The first-order chi connectivity index (χ1) is 10.9. The molecule has 6 heteroatoms. The van der Waals surface area contributed by atoms with Crippen LogP contribution in [0.15, 0.2) is 42.6 Å². The zero-order valence-corrected chi connectivity index (χ0v) is 12.7. The largest absolute Gasteiger partial charge is 0.449 e. The van der Waals surface area contributed by atoms with Crippen LogP contribution in [-0.4, -0.2) is 21.5 Å². The van der Waals surface area contributed by atoms with Crippen molar-refractivity contribution < 1.29 is 14.3 Å². The highest BCUT2D eigenvalue weighted by atomic mass is 16.7. The Hall–Kier alpha value is -3.02. The summed E-state index contributed by atoms with van der Waals surface area (Å²) in [5.41, 5.74) is 7.21. The summed E-state index contributed by atoms with van der Waals surface area (Å²) < 4.78 is 13.1. The van der Waals surface area contributed by atoms with Gasteiger partial charge in [-0.3, -0.25) is 4.79 Å². The molecule has 2 N–H and O–H groups in total. The molecule has 0 saturated heterocycles. The second kappa shape index (κ2) is 4.49. The van der Waals surface area contributed by atoms with Gasteiger partial charge in [0, 0.05) is 31.5 Å². The van der Waals surface area contributed by atoms with E-state index in [0.717, 1.165) is 11.1 Å². The number of hydrogen-bond acceptors (Lipinski definition) is 4. The maximum absolute atomic E-state index is 11.5. The lowest BCUT2D eigenvalue weighted by Crippen LogP contribution is -2.29. The van der Waals surface area contributed by atoms with Crippen LogP contribution >= 0.6 is 0 Å². The third-order valence-corrected chi connectivity index (χ3v) is 3.71. The molecule has 0 radical (unpaired) electrons. The van der Waals surface area contributed by atoms with Gasteiger partial charge in [0.2, 0.25) is 5.79 Å². The molecule has 2 heterocycles. The molecule has 0 fully saturated rings. The number of primary amides is 1. The number of amides is 1. The first kappa shape index (κ1) is 13.6. The molecule has 1 aliphatic rings. The number of benzene rings is 2. The molecule has 0 bridgehead atoms. The van der Waals surface area contributed by atoms with Gasteiger partial charge in [-0.2, -0.15) is 5.10 Å². The molecule has 0 atom stereocenters. The van der Waals surface area contributed by atoms with Crippen LogP contribution in [0.4, 0.5) is 0 Å². The fourth-order valence-corrected chi connectivity index (χ4v) is 2.73. The van der Waals surface area contributed by atoms with E-state index in [1.54, 1.807) is 16.8 Å². The minimum absolute atomic E-state index is 0.406. The Morgan fingerprint density at radius 3 is 2.74 bits per heavy atom.